The van der Waals surface area contributed by atoms with Crippen molar-refractivity contribution in [3.63, 3.8) is 0 Å². The lowest BCUT2D eigenvalue weighted by atomic mass is 9.65. The van der Waals surface area contributed by atoms with Crippen LogP contribution in [0.5, 0.6) is 5.75 Å². The molecule has 0 amide bonds. The van der Waals surface area contributed by atoms with Gasteiger partial charge in [-0.15, -0.1) is 0 Å². The predicted molar refractivity (Wildman–Crippen MR) is 120 cm³/mol. The molecule has 4 heteroatoms. The fourth-order valence-corrected chi connectivity index (χ4v) is 5.35. The van der Waals surface area contributed by atoms with Crippen LogP contribution in [0.15, 0.2) is 54.6 Å². The third-order valence-corrected chi connectivity index (χ3v) is 7.06. The number of nitrogens with zero attached hydrogens (tertiary/aromatic N) is 1. The minimum Gasteiger partial charge on any atom is -0.497 e. The van der Waals surface area contributed by atoms with Gasteiger partial charge < -0.3 is 14.6 Å². The lowest BCUT2D eigenvalue weighted by Crippen LogP contribution is -2.48. The number of benzene rings is 2. The van der Waals surface area contributed by atoms with E-state index in [2.05, 4.69) is 47.4 Å². The number of ether oxygens (including phenoxy) is 2. The second kappa shape index (κ2) is 9.95. The Balaban J connectivity index is 1.76. The zero-order chi connectivity index (χ0) is 20.8. The quantitative estimate of drug-likeness (QED) is 0.727. The molecule has 2 aromatic carbocycles. The number of hydrogen-bond acceptors (Lipinski definition) is 4. The maximum absolute atomic E-state index is 12.6. The van der Waals surface area contributed by atoms with Gasteiger partial charge in [-0.25, -0.2) is 0 Å². The molecular weight excluding hydrogens is 374 g/mol. The molecule has 1 N–H and O–H groups in total. The molecule has 1 heterocycles. The summed E-state index contributed by atoms with van der Waals surface area (Å²) in [6, 6.07) is 18.7. The van der Waals surface area contributed by atoms with Gasteiger partial charge in [-0.1, -0.05) is 61.7 Å². The molecule has 2 aromatic rings. The normalized spacial score (nSPS) is 21.7. The summed E-state index contributed by atoms with van der Waals surface area (Å²) < 4.78 is 11.0. The van der Waals surface area contributed by atoms with Crippen molar-refractivity contribution in [1.29, 1.82) is 0 Å². The summed E-state index contributed by atoms with van der Waals surface area (Å²) in [5.41, 5.74) is 1.32. The second-order valence-electron chi connectivity index (χ2n) is 8.77. The Labute approximate surface area is 180 Å². The number of hydrogen-bond donors (Lipinski definition) is 1. The van der Waals surface area contributed by atoms with Crippen LogP contribution >= 0.6 is 0 Å². The molecule has 0 radical (unpaired) electrons. The monoisotopic (exact) mass is 409 g/mol. The fourth-order valence-electron chi connectivity index (χ4n) is 5.35. The largest absolute Gasteiger partial charge is 0.497 e. The first-order valence-corrected chi connectivity index (χ1v) is 11.4. The molecule has 2 aliphatic rings. The standard InChI is InChI=1S/C26H35NO3/c1-29-24-14-12-23(13-15-24)26(28,22-10-6-3-7-11-22)25(21-8-4-2-5-9-21)20-27-16-18-30-19-17-27/h2,4-5,8-9,12-15,22,25,28H,3,6-7,10-11,16-20H2,1H3/t25-,26-/m1/s1. The van der Waals surface area contributed by atoms with Gasteiger partial charge in [-0.2, -0.15) is 0 Å². The molecule has 4 rings (SSSR count). The topological polar surface area (TPSA) is 41.9 Å². The summed E-state index contributed by atoms with van der Waals surface area (Å²) in [6.45, 7) is 4.23. The molecular formula is C26H35NO3. The molecule has 1 saturated heterocycles. The van der Waals surface area contributed by atoms with E-state index in [-0.39, 0.29) is 11.8 Å². The summed E-state index contributed by atoms with van der Waals surface area (Å²) in [4.78, 5) is 2.46. The third-order valence-electron chi connectivity index (χ3n) is 7.06. The van der Waals surface area contributed by atoms with Gasteiger partial charge in [0.25, 0.3) is 0 Å². The molecule has 30 heavy (non-hydrogen) atoms. The zero-order valence-corrected chi connectivity index (χ0v) is 18.1. The van der Waals surface area contributed by atoms with Crippen LogP contribution in [0.2, 0.25) is 0 Å². The molecule has 1 aliphatic heterocycles. The highest BCUT2D eigenvalue weighted by atomic mass is 16.5. The van der Waals surface area contributed by atoms with Crippen LogP contribution in [0, 0.1) is 5.92 Å². The molecule has 2 fully saturated rings. The van der Waals surface area contributed by atoms with Crippen LogP contribution in [0.4, 0.5) is 0 Å². The van der Waals surface area contributed by atoms with Crippen LogP contribution < -0.4 is 4.74 Å². The van der Waals surface area contributed by atoms with Gasteiger partial charge in [0.1, 0.15) is 11.4 Å². The van der Waals surface area contributed by atoms with E-state index in [1.807, 2.05) is 12.1 Å². The van der Waals surface area contributed by atoms with Crippen molar-refractivity contribution in [2.75, 3.05) is 40.0 Å². The Kier molecular flexibility index (Phi) is 7.08. The van der Waals surface area contributed by atoms with E-state index in [1.54, 1.807) is 7.11 Å². The van der Waals surface area contributed by atoms with Crippen molar-refractivity contribution in [3.05, 3.63) is 65.7 Å². The molecule has 0 aromatic heterocycles. The van der Waals surface area contributed by atoms with Gasteiger partial charge in [-0.05, 0) is 42.0 Å². The average molecular weight is 410 g/mol. The highest BCUT2D eigenvalue weighted by molar-refractivity contribution is 5.36. The molecule has 2 atom stereocenters. The Morgan fingerprint density at radius 2 is 1.67 bits per heavy atom. The predicted octanol–water partition coefficient (Wildman–Crippen LogP) is 4.58. The molecule has 0 spiro atoms. The van der Waals surface area contributed by atoms with Crippen LogP contribution in [-0.4, -0.2) is 50.0 Å². The highest BCUT2D eigenvalue weighted by Crippen LogP contribution is 2.48. The van der Waals surface area contributed by atoms with Gasteiger partial charge in [0.05, 0.1) is 20.3 Å². The number of morpholine rings is 1. The van der Waals surface area contributed by atoms with E-state index in [1.165, 1.54) is 24.8 Å². The lowest BCUT2D eigenvalue weighted by Gasteiger charge is -2.46. The Bertz CT molecular complexity index is 767. The maximum atomic E-state index is 12.6. The fraction of sp³-hybridized carbons (Fsp3) is 0.538. The van der Waals surface area contributed by atoms with Crippen molar-refractivity contribution in [3.8, 4) is 5.75 Å². The minimum absolute atomic E-state index is 0.00768. The Morgan fingerprint density at radius 3 is 2.30 bits per heavy atom. The number of rotatable bonds is 7. The van der Waals surface area contributed by atoms with Crippen molar-refractivity contribution < 1.29 is 14.6 Å². The van der Waals surface area contributed by atoms with Crippen molar-refractivity contribution in [1.82, 2.24) is 4.90 Å². The Morgan fingerprint density at radius 1 is 1.00 bits per heavy atom. The van der Waals surface area contributed by atoms with Crippen molar-refractivity contribution in [2.45, 2.75) is 43.6 Å². The van der Waals surface area contributed by atoms with Crippen LogP contribution in [0.1, 0.15) is 49.1 Å². The summed E-state index contributed by atoms with van der Waals surface area (Å²) in [5.74, 6) is 1.09. The summed E-state index contributed by atoms with van der Waals surface area (Å²) in [7, 11) is 1.69. The van der Waals surface area contributed by atoms with E-state index >= 15 is 0 Å². The summed E-state index contributed by atoms with van der Waals surface area (Å²) in [6.07, 6.45) is 5.82. The van der Waals surface area contributed by atoms with Gasteiger partial charge in [0, 0.05) is 25.6 Å². The Hall–Kier alpha value is -1.88. The number of aliphatic hydroxyl groups is 1. The van der Waals surface area contributed by atoms with Gasteiger partial charge in [0.2, 0.25) is 0 Å². The maximum Gasteiger partial charge on any atom is 0.118 e. The van der Waals surface area contributed by atoms with Crippen LogP contribution in [-0.2, 0) is 10.3 Å². The van der Waals surface area contributed by atoms with E-state index in [9.17, 15) is 5.11 Å². The average Bonchev–Trinajstić information content (AvgIpc) is 2.84. The van der Waals surface area contributed by atoms with Gasteiger partial charge >= 0.3 is 0 Å². The van der Waals surface area contributed by atoms with Crippen LogP contribution in [0.25, 0.3) is 0 Å². The highest BCUT2D eigenvalue weighted by Gasteiger charge is 2.46. The van der Waals surface area contributed by atoms with Crippen molar-refractivity contribution in [2.24, 2.45) is 5.92 Å². The van der Waals surface area contributed by atoms with E-state index in [4.69, 9.17) is 9.47 Å². The minimum atomic E-state index is -0.910. The van der Waals surface area contributed by atoms with E-state index in [0.29, 0.717) is 0 Å². The summed E-state index contributed by atoms with van der Waals surface area (Å²) in [5, 5.41) is 12.6. The first-order valence-electron chi connectivity index (χ1n) is 11.4. The second-order valence-corrected chi connectivity index (χ2v) is 8.77. The summed E-state index contributed by atoms with van der Waals surface area (Å²) >= 11 is 0. The van der Waals surface area contributed by atoms with Crippen LogP contribution in [0.3, 0.4) is 0 Å². The van der Waals surface area contributed by atoms with E-state index < -0.39 is 5.60 Å². The van der Waals surface area contributed by atoms with E-state index in [0.717, 1.165) is 57.0 Å². The van der Waals surface area contributed by atoms with Crippen molar-refractivity contribution >= 4 is 0 Å². The first kappa shape index (κ1) is 21.4. The number of methoxy groups -OCH3 is 1. The SMILES string of the molecule is COc1ccc([C@](O)(C2CCCCC2)[C@H](CN2CCOCC2)c2ccccc2)cc1. The zero-order valence-electron chi connectivity index (χ0n) is 18.1. The lowest BCUT2D eigenvalue weighted by molar-refractivity contribution is -0.0758. The molecule has 4 nitrogen and oxygen atoms in total. The molecule has 0 unspecified atom stereocenters. The third kappa shape index (κ3) is 4.56. The van der Waals surface area contributed by atoms with Gasteiger partial charge in [0.15, 0.2) is 0 Å². The molecule has 162 valence electrons. The van der Waals surface area contributed by atoms with Gasteiger partial charge in [-0.3, -0.25) is 4.90 Å². The molecule has 1 aliphatic carbocycles. The smallest absolute Gasteiger partial charge is 0.118 e. The molecule has 1 saturated carbocycles. The molecule has 0 bridgehead atoms. The first-order chi connectivity index (χ1) is 14.7.